The summed E-state index contributed by atoms with van der Waals surface area (Å²) in [7, 11) is 0. The molecule has 0 radical (unpaired) electrons. The highest BCUT2D eigenvalue weighted by molar-refractivity contribution is 5.87. The van der Waals surface area contributed by atoms with E-state index in [0.717, 1.165) is 5.56 Å². The molecule has 2 nitrogen and oxygen atoms in total. The van der Waals surface area contributed by atoms with E-state index in [1.165, 1.54) is 6.08 Å². The van der Waals surface area contributed by atoms with Crippen molar-refractivity contribution < 1.29 is 9.53 Å². The van der Waals surface area contributed by atoms with Crippen molar-refractivity contribution in [1.29, 1.82) is 0 Å². The van der Waals surface area contributed by atoms with E-state index in [1.54, 1.807) is 6.08 Å². The van der Waals surface area contributed by atoms with E-state index >= 15 is 0 Å². The maximum absolute atomic E-state index is 11.1. The van der Waals surface area contributed by atoms with E-state index in [2.05, 4.69) is 0 Å². The molecule has 0 aromatic heterocycles. The lowest BCUT2D eigenvalue weighted by atomic mass is 10.2. The third kappa shape index (κ3) is 3.90. The highest BCUT2D eigenvalue weighted by Gasteiger charge is 1.98. The van der Waals surface area contributed by atoms with Gasteiger partial charge in [0.1, 0.15) is 0 Å². The van der Waals surface area contributed by atoms with Crippen molar-refractivity contribution in [2.45, 2.75) is 20.0 Å². The topological polar surface area (TPSA) is 26.3 Å². The summed E-state index contributed by atoms with van der Waals surface area (Å²) in [6.07, 6.45) is 3.11. The molecule has 1 aromatic rings. The minimum Gasteiger partial charge on any atom is -0.460 e. The second-order valence-electron chi connectivity index (χ2n) is 3.23. The molecule has 0 heterocycles. The largest absolute Gasteiger partial charge is 0.460 e. The van der Waals surface area contributed by atoms with E-state index in [0.29, 0.717) is 0 Å². The van der Waals surface area contributed by atoms with E-state index in [-0.39, 0.29) is 12.1 Å². The van der Waals surface area contributed by atoms with Gasteiger partial charge in [-0.1, -0.05) is 30.3 Å². The Kier molecular flexibility index (Phi) is 3.92. The van der Waals surface area contributed by atoms with Crippen molar-refractivity contribution in [3.05, 3.63) is 42.0 Å². The Hall–Kier alpha value is -1.57. The summed E-state index contributed by atoms with van der Waals surface area (Å²) in [6, 6.07) is 9.64. The van der Waals surface area contributed by atoms with Crippen molar-refractivity contribution in [1.82, 2.24) is 0 Å². The molecule has 0 bridgehead atoms. The molecule has 1 rings (SSSR count). The van der Waals surface area contributed by atoms with Crippen LogP contribution in [0.15, 0.2) is 36.4 Å². The molecule has 0 unspecified atom stereocenters. The number of carbonyl (C=O) groups is 1. The van der Waals surface area contributed by atoms with Crippen LogP contribution in [-0.2, 0) is 9.53 Å². The molecule has 1 aromatic carbocycles. The lowest BCUT2D eigenvalue weighted by molar-refractivity contribution is -0.141. The van der Waals surface area contributed by atoms with Crippen molar-refractivity contribution >= 4 is 12.0 Å². The summed E-state index contributed by atoms with van der Waals surface area (Å²) in [5, 5.41) is 0. The minimum absolute atomic E-state index is 0.0667. The molecule has 0 N–H and O–H groups in total. The van der Waals surface area contributed by atoms with Crippen LogP contribution in [0.3, 0.4) is 0 Å². The molecule has 0 fully saturated rings. The first-order chi connectivity index (χ1) is 6.68. The van der Waals surface area contributed by atoms with Crippen LogP contribution >= 0.6 is 0 Å². The molecule has 0 saturated carbocycles. The van der Waals surface area contributed by atoms with Crippen LogP contribution in [0, 0.1) is 0 Å². The normalized spacial score (nSPS) is 10.8. The van der Waals surface area contributed by atoms with E-state index in [4.69, 9.17) is 4.74 Å². The second kappa shape index (κ2) is 5.22. The Labute approximate surface area is 84.2 Å². The van der Waals surface area contributed by atoms with E-state index in [1.807, 2.05) is 44.2 Å². The maximum atomic E-state index is 11.1. The molecule has 2 heteroatoms. The van der Waals surface area contributed by atoms with Crippen molar-refractivity contribution in [3.8, 4) is 0 Å². The summed E-state index contributed by atoms with van der Waals surface area (Å²) < 4.78 is 4.95. The number of benzene rings is 1. The van der Waals surface area contributed by atoms with Gasteiger partial charge in [0.15, 0.2) is 0 Å². The number of rotatable bonds is 3. The zero-order valence-corrected chi connectivity index (χ0v) is 8.44. The van der Waals surface area contributed by atoms with Gasteiger partial charge in [-0.3, -0.25) is 0 Å². The van der Waals surface area contributed by atoms with Crippen molar-refractivity contribution in [2.24, 2.45) is 0 Å². The lowest BCUT2D eigenvalue weighted by Gasteiger charge is -2.03. The van der Waals surface area contributed by atoms with Crippen LogP contribution in [0.2, 0.25) is 0 Å². The summed E-state index contributed by atoms with van der Waals surface area (Å²) >= 11 is 0. The highest BCUT2D eigenvalue weighted by Crippen LogP contribution is 2.01. The van der Waals surface area contributed by atoms with Gasteiger partial charge in [0.05, 0.1) is 6.10 Å². The average molecular weight is 190 g/mol. The SMILES string of the molecule is CC(C)OC(=O)/C=C/c1ccccc1. The summed E-state index contributed by atoms with van der Waals surface area (Å²) in [6.45, 7) is 3.66. The summed E-state index contributed by atoms with van der Waals surface area (Å²) in [4.78, 5) is 11.1. The fraction of sp³-hybridized carbons (Fsp3) is 0.250. The average Bonchev–Trinajstić information content (AvgIpc) is 2.15. The zero-order chi connectivity index (χ0) is 10.4. The van der Waals surface area contributed by atoms with Gasteiger partial charge < -0.3 is 4.74 Å². The minimum atomic E-state index is -0.302. The van der Waals surface area contributed by atoms with Gasteiger partial charge in [-0.15, -0.1) is 0 Å². The van der Waals surface area contributed by atoms with Gasteiger partial charge in [0.25, 0.3) is 0 Å². The molecule has 74 valence electrons. The fourth-order valence-electron chi connectivity index (χ4n) is 1.00. The number of hydrogen-bond donors (Lipinski definition) is 0. The Morgan fingerprint density at radius 1 is 1.29 bits per heavy atom. The molecule has 0 amide bonds. The molecule has 0 aliphatic heterocycles. The van der Waals surface area contributed by atoms with E-state index in [9.17, 15) is 4.79 Å². The molecule has 0 spiro atoms. The zero-order valence-electron chi connectivity index (χ0n) is 8.44. The number of esters is 1. The third-order valence-corrected chi connectivity index (χ3v) is 1.56. The summed E-state index contributed by atoms with van der Waals surface area (Å²) in [5.41, 5.74) is 0.994. The summed E-state index contributed by atoms with van der Waals surface area (Å²) in [5.74, 6) is -0.302. The van der Waals surface area contributed by atoms with Gasteiger partial charge in [-0.2, -0.15) is 0 Å². The van der Waals surface area contributed by atoms with Crippen LogP contribution in [0.4, 0.5) is 0 Å². The van der Waals surface area contributed by atoms with Gasteiger partial charge >= 0.3 is 5.97 Å². The molecule has 0 atom stereocenters. The molecule has 0 saturated heterocycles. The molecule has 0 aliphatic rings. The van der Waals surface area contributed by atoms with Crippen molar-refractivity contribution in [3.63, 3.8) is 0 Å². The van der Waals surface area contributed by atoms with Gasteiger partial charge in [0, 0.05) is 6.08 Å². The van der Waals surface area contributed by atoms with Crippen LogP contribution in [0.25, 0.3) is 6.08 Å². The van der Waals surface area contributed by atoms with Crippen LogP contribution in [0.5, 0.6) is 0 Å². The Morgan fingerprint density at radius 3 is 2.50 bits per heavy atom. The lowest BCUT2D eigenvalue weighted by Crippen LogP contribution is -2.08. The smallest absolute Gasteiger partial charge is 0.331 e. The number of ether oxygens (including phenoxy) is 1. The van der Waals surface area contributed by atoms with Crippen LogP contribution in [-0.4, -0.2) is 12.1 Å². The number of hydrogen-bond acceptors (Lipinski definition) is 2. The van der Waals surface area contributed by atoms with Gasteiger partial charge in [-0.25, -0.2) is 4.79 Å². The Balaban J connectivity index is 2.52. The van der Waals surface area contributed by atoms with Gasteiger partial charge in [-0.05, 0) is 25.5 Å². The Morgan fingerprint density at radius 2 is 1.93 bits per heavy atom. The van der Waals surface area contributed by atoms with Gasteiger partial charge in [0.2, 0.25) is 0 Å². The second-order valence-corrected chi connectivity index (χ2v) is 3.23. The Bertz CT molecular complexity index is 312. The monoisotopic (exact) mass is 190 g/mol. The third-order valence-electron chi connectivity index (χ3n) is 1.56. The van der Waals surface area contributed by atoms with Crippen molar-refractivity contribution in [2.75, 3.05) is 0 Å². The predicted octanol–water partition coefficient (Wildman–Crippen LogP) is 2.65. The van der Waals surface area contributed by atoms with E-state index < -0.39 is 0 Å². The quantitative estimate of drug-likeness (QED) is 0.541. The van der Waals surface area contributed by atoms with Crippen LogP contribution in [0.1, 0.15) is 19.4 Å². The predicted molar refractivity (Wildman–Crippen MR) is 56.7 cm³/mol. The first kappa shape index (κ1) is 10.5. The number of carbonyl (C=O) groups excluding carboxylic acids is 1. The molecule has 0 aliphatic carbocycles. The first-order valence-electron chi connectivity index (χ1n) is 4.62. The highest BCUT2D eigenvalue weighted by atomic mass is 16.5. The van der Waals surface area contributed by atoms with Crippen LogP contribution < -0.4 is 0 Å². The molecular weight excluding hydrogens is 176 g/mol. The standard InChI is InChI=1S/C12H14O2/c1-10(2)14-12(13)9-8-11-6-4-3-5-7-11/h3-10H,1-2H3/b9-8+. The fourth-order valence-corrected chi connectivity index (χ4v) is 1.00. The maximum Gasteiger partial charge on any atom is 0.331 e. The molecule has 14 heavy (non-hydrogen) atoms. The first-order valence-corrected chi connectivity index (χ1v) is 4.62. The molecular formula is C12H14O2.